The second kappa shape index (κ2) is 7.09. The SMILES string of the molecule is COc1cccnc1N1CC2(CCC(c3ccccc3)(N(C)C)CC2)NC1=O. The number of methoxy groups -OCH3 is 1. The third-order valence-corrected chi connectivity index (χ3v) is 6.51. The van der Waals surface area contributed by atoms with Gasteiger partial charge in [0.05, 0.1) is 19.2 Å². The average molecular weight is 380 g/mol. The fourth-order valence-electron chi connectivity index (χ4n) is 4.79. The van der Waals surface area contributed by atoms with Gasteiger partial charge in [0.2, 0.25) is 0 Å². The van der Waals surface area contributed by atoms with Crippen molar-refractivity contribution in [2.45, 2.75) is 36.8 Å². The highest BCUT2D eigenvalue weighted by Crippen LogP contribution is 2.46. The molecular weight excluding hydrogens is 352 g/mol. The normalized spacial score (nSPS) is 27.3. The van der Waals surface area contributed by atoms with E-state index in [9.17, 15) is 4.79 Å². The molecule has 1 aliphatic heterocycles. The standard InChI is InChI=1S/C22H28N4O2/c1-25(2)22(17-8-5-4-6-9-17)13-11-21(12-14-22)16-26(20(27)24-21)19-18(28-3)10-7-15-23-19/h4-10,15H,11-14,16H2,1-3H3,(H,24,27). The van der Waals surface area contributed by atoms with Crippen molar-refractivity contribution in [3.63, 3.8) is 0 Å². The van der Waals surface area contributed by atoms with Crippen LogP contribution in [0.4, 0.5) is 10.6 Å². The van der Waals surface area contributed by atoms with E-state index < -0.39 is 0 Å². The Morgan fingerprint density at radius 3 is 2.43 bits per heavy atom. The second-order valence-corrected chi connectivity index (χ2v) is 8.12. The Hall–Kier alpha value is -2.60. The number of anilines is 1. The van der Waals surface area contributed by atoms with E-state index in [4.69, 9.17) is 4.74 Å². The van der Waals surface area contributed by atoms with Crippen LogP contribution in [0.15, 0.2) is 48.7 Å². The van der Waals surface area contributed by atoms with E-state index in [2.05, 4.69) is 59.6 Å². The molecule has 2 heterocycles. The lowest BCUT2D eigenvalue weighted by Gasteiger charge is -2.48. The summed E-state index contributed by atoms with van der Waals surface area (Å²) in [6, 6.07) is 14.3. The van der Waals surface area contributed by atoms with Crippen LogP contribution in [0.2, 0.25) is 0 Å². The number of rotatable bonds is 4. The van der Waals surface area contributed by atoms with Gasteiger partial charge in [-0.1, -0.05) is 30.3 Å². The molecule has 0 radical (unpaired) electrons. The van der Waals surface area contributed by atoms with Crippen molar-refractivity contribution in [2.24, 2.45) is 0 Å². The Morgan fingerprint density at radius 1 is 1.07 bits per heavy atom. The topological polar surface area (TPSA) is 57.7 Å². The molecule has 2 aliphatic rings. The lowest BCUT2D eigenvalue weighted by atomic mass is 9.69. The molecule has 2 fully saturated rings. The molecule has 1 saturated heterocycles. The summed E-state index contributed by atoms with van der Waals surface area (Å²) in [5.41, 5.74) is 1.14. The van der Waals surface area contributed by atoms with Gasteiger partial charge in [-0.2, -0.15) is 0 Å². The molecule has 0 unspecified atom stereocenters. The first-order valence-corrected chi connectivity index (χ1v) is 9.81. The lowest BCUT2D eigenvalue weighted by Crippen LogP contribution is -2.54. The Kier molecular flexibility index (Phi) is 4.75. The zero-order valence-electron chi connectivity index (χ0n) is 16.8. The summed E-state index contributed by atoms with van der Waals surface area (Å²) in [5, 5.41) is 3.27. The summed E-state index contributed by atoms with van der Waals surface area (Å²) in [5.74, 6) is 1.21. The maximum atomic E-state index is 12.8. The summed E-state index contributed by atoms with van der Waals surface area (Å²) in [7, 11) is 5.92. The zero-order valence-corrected chi connectivity index (χ0v) is 16.8. The largest absolute Gasteiger partial charge is 0.493 e. The monoisotopic (exact) mass is 380 g/mol. The number of nitrogens with one attached hydrogen (secondary N) is 1. The van der Waals surface area contributed by atoms with Gasteiger partial charge in [0.1, 0.15) is 0 Å². The Morgan fingerprint density at radius 2 is 1.79 bits per heavy atom. The van der Waals surface area contributed by atoms with E-state index in [0.29, 0.717) is 18.1 Å². The molecule has 1 N–H and O–H groups in total. The van der Waals surface area contributed by atoms with Crippen LogP contribution in [0.5, 0.6) is 5.75 Å². The van der Waals surface area contributed by atoms with Crippen LogP contribution in [0.3, 0.4) is 0 Å². The fraction of sp³-hybridized carbons (Fsp3) is 0.455. The van der Waals surface area contributed by atoms with Crippen molar-refractivity contribution in [3.8, 4) is 5.75 Å². The number of amides is 2. The van der Waals surface area contributed by atoms with Gasteiger partial charge in [0, 0.05) is 11.7 Å². The number of carbonyl (C=O) groups is 1. The first kappa shape index (κ1) is 18.7. The summed E-state index contributed by atoms with van der Waals surface area (Å²) < 4.78 is 5.41. The number of nitrogens with zero attached hydrogens (tertiary/aromatic N) is 3. The van der Waals surface area contributed by atoms with Crippen LogP contribution in [-0.4, -0.2) is 49.2 Å². The van der Waals surface area contributed by atoms with Crippen LogP contribution in [0, 0.1) is 0 Å². The molecule has 0 bridgehead atoms. The maximum Gasteiger partial charge on any atom is 0.323 e. The van der Waals surface area contributed by atoms with E-state index in [1.165, 1.54) is 5.56 Å². The molecule has 6 heteroatoms. The van der Waals surface area contributed by atoms with Crippen molar-refractivity contribution in [2.75, 3.05) is 32.6 Å². The lowest BCUT2D eigenvalue weighted by molar-refractivity contribution is 0.0657. The number of hydrogen-bond acceptors (Lipinski definition) is 4. The molecule has 1 aromatic heterocycles. The minimum atomic E-state index is -0.214. The Bertz CT molecular complexity index is 845. The molecule has 2 aromatic rings. The summed E-state index contributed by atoms with van der Waals surface area (Å²) >= 11 is 0. The molecule has 1 saturated carbocycles. The van der Waals surface area contributed by atoms with Crippen LogP contribution in [0.1, 0.15) is 31.2 Å². The molecule has 1 aliphatic carbocycles. The Balaban J connectivity index is 1.57. The number of benzene rings is 1. The van der Waals surface area contributed by atoms with E-state index in [0.717, 1.165) is 25.7 Å². The highest BCUT2D eigenvalue weighted by Gasteiger charge is 2.50. The van der Waals surface area contributed by atoms with Gasteiger partial charge in [0.25, 0.3) is 0 Å². The van der Waals surface area contributed by atoms with Crippen molar-refractivity contribution < 1.29 is 9.53 Å². The first-order valence-electron chi connectivity index (χ1n) is 9.81. The molecule has 1 aromatic carbocycles. The van der Waals surface area contributed by atoms with E-state index >= 15 is 0 Å². The highest BCUT2D eigenvalue weighted by molar-refractivity contribution is 5.95. The quantitative estimate of drug-likeness (QED) is 0.883. The molecule has 0 atom stereocenters. The molecule has 148 valence electrons. The van der Waals surface area contributed by atoms with Gasteiger partial charge in [-0.3, -0.25) is 9.80 Å². The average Bonchev–Trinajstić information content (AvgIpc) is 3.05. The number of pyridine rings is 1. The van der Waals surface area contributed by atoms with Gasteiger partial charge in [-0.15, -0.1) is 0 Å². The number of aromatic nitrogens is 1. The van der Waals surface area contributed by atoms with Gasteiger partial charge < -0.3 is 10.1 Å². The molecular formula is C22H28N4O2. The highest BCUT2D eigenvalue weighted by atomic mass is 16.5. The van der Waals surface area contributed by atoms with Crippen molar-refractivity contribution in [1.29, 1.82) is 0 Å². The summed E-state index contributed by atoms with van der Waals surface area (Å²) in [6.07, 6.45) is 5.55. The van der Waals surface area contributed by atoms with E-state index in [1.807, 2.05) is 12.1 Å². The van der Waals surface area contributed by atoms with Crippen molar-refractivity contribution >= 4 is 11.8 Å². The van der Waals surface area contributed by atoms with Crippen molar-refractivity contribution in [3.05, 3.63) is 54.2 Å². The Labute approximate surface area is 166 Å². The summed E-state index contributed by atoms with van der Waals surface area (Å²) in [6.45, 7) is 0.623. The zero-order chi connectivity index (χ0) is 19.8. The van der Waals surface area contributed by atoms with Crippen LogP contribution >= 0.6 is 0 Å². The molecule has 2 amide bonds. The number of ether oxygens (including phenoxy) is 1. The molecule has 1 spiro atoms. The molecule has 6 nitrogen and oxygen atoms in total. The fourth-order valence-corrected chi connectivity index (χ4v) is 4.79. The first-order chi connectivity index (χ1) is 13.5. The van der Waals surface area contributed by atoms with E-state index in [-0.39, 0.29) is 17.1 Å². The maximum absolute atomic E-state index is 12.8. The van der Waals surface area contributed by atoms with Crippen molar-refractivity contribution in [1.82, 2.24) is 15.2 Å². The minimum absolute atomic E-state index is 0.00729. The van der Waals surface area contributed by atoms with Crippen LogP contribution < -0.4 is 15.0 Å². The van der Waals surface area contributed by atoms with Gasteiger partial charge in [0.15, 0.2) is 11.6 Å². The molecule has 4 rings (SSSR count). The number of hydrogen-bond donors (Lipinski definition) is 1. The predicted octanol–water partition coefficient (Wildman–Crippen LogP) is 3.39. The van der Waals surface area contributed by atoms with Gasteiger partial charge in [-0.25, -0.2) is 9.78 Å². The van der Waals surface area contributed by atoms with Crippen LogP contribution in [-0.2, 0) is 5.54 Å². The second-order valence-electron chi connectivity index (χ2n) is 8.12. The van der Waals surface area contributed by atoms with Gasteiger partial charge >= 0.3 is 6.03 Å². The van der Waals surface area contributed by atoms with E-state index in [1.54, 1.807) is 18.2 Å². The third kappa shape index (κ3) is 3.02. The minimum Gasteiger partial charge on any atom is -0.493 e. The smallest absolute Gasteiger partial charge is 0.323 e. The molecule has 28 heavy (non-hydrogen) atoms. The van der Waals surface area contributed by atoms with Crippen LogP contribution in [0.25, 0.3) is 0 Å². The third-order valence-electron chi connectivity index (χ3n) is 6.51. The number of carbonyl (C=O) groups excluding carboxylic acids is 1. The predicted molar refractivity (Wildman–Crippen MR) is 110 cm³/mol. The summed E-state index contributed by atoms with van der Waals surface area (Å²) in [4.78, 5) is 21.3. The van der Waals surface area contributed by atoms with Gasteiger partial charge in [-0.05, 0) is 57.5 Å². The number of urea groups is 1.